The van der Waals surface area contributed by atoms with Gasteiger partial charge in [-0.2, -0.15) is 0 Å². The van der Waals surface area contributed by atoms with Gasteiger partial charge in [0, 0.05) is 49.4 Å². The van der Waals surface area contributed by atoms with E-state index < -0.39 is 0 Å². The second-order valence-electron chi connectivity index (χ2n) is 8.55. The van der Waals surface area contributed by atoms with Crippen LogP contribution in [-0.4, -0.2) is 53.4 Å². The molecule has 1 saturated carbocycles. The number of amides is 2. The monoisotopic (exact) mass is 424 g/mol. The largest absolute Gasteiger partial charge is 0.349 e. The number of carbonyl (C=O) groups excluding carboxylic acids is 2. The Hall–Kier alpha value is -2.80. The first-order valence-corrected chi connectivity index (χ1v) is 11.1. The van der Waals surface area contributed by atoms with E-state index in [0.29, 0.717) is 16.8 Å². The molecule has 1 saturated heterocycles. The van der Waals surface area contributed by atoms with Crippen LogP contribution in [0.2, 0.25) is 0 Å². The van der Waals surface area contributed by atoms with Gasteiger partial charge in [0.05, 0.1) is 11.3 Å². The summed E-state index contributed by atoms with van der Waals surface area (Å²) < 4.78 is 13.4. The zero-order valence-electron chi connectivity index (χ0n) is 17.8. The van der Waals surface area contributed by atoms with Crippen LogP contribution in [0.4, 0.5) is 4.39 Å². The molecule has 1 aliphatic heterocycles. The summed E-state index contributed by atoms with van der Waals surface area (Å²) in [5.41, 5.74) is 1.78. The van der Waals surface area contributed by atoms with Gasteiger partial charge in [0.2, 0.25) is 5.91 Å². The van der Waals surface area contributed by atoms with Gasteiger partial charge >= 0.3 is 0 Å². The number of rotatable bonds is 4. The van der Waals surface area contributed by atoms with E-state index in [1.165, 1.54) is 18.3 Å². The Morgan fingerprint density at radius 2 is 1.97 bits per heavy atom. The molecule has 1 atom stereocenters. The van der Waals surface area contributed by atoms with E-state index in [0.717, 1.165) is 45.3 Å². The van der Waals surface area contributed by atoms with Crippen LogP contribution in [0, 0.1) is 11.7 Å². The van der Waals surface area contributed by atoms with Crippen molar-refractivity contribution >= 4 is 11.8 Å². The van der Waals surface area contributed by atoms with Crippen LogP contribution in [0.15, 0.2) is 42.6 Å². The maximum Gasteiger partial charge on any atom is 0.253 e. The summed E-state index contributed by atoms with van der Waals surface area (Å²) >= 11 is 0. The SMILES string of the molecule is C[C@@H]1CNCCN1C(=O)[C@H]1CC[C@H](NC(=O)c2ccc(-c3cccc(F)c3)nc2)CC1. The van der Waals surface area contributed by atoms with Crippen LogP contribution in [0.5, 0.6) is 0 Å². The Kier molecular flexibility index (Phi) is 6.61. The number of piperazine rings is 1. The van der Waals surface area contributed by atoms with E-state index in [1.807, 2.05) is 4.90 Å². The highest BCUT2D eigenvalue weighted by molar-refractivity contribution is 5.94. The highest BCUT2D eigenvalue weighted by Gasteiger charge is 2.32. The number of aromatic nitrogens is 1. The lowest BCUT2D eigenvalue weighted by Crippen LogP contribution is -2.54. The standard InChI is InChI=1S/C24H29FN4O2/c1-16-14-26-11-12-29(16)24(31)17-5-8-21(9-6-17)28-23(30)19-7-10-22(27-15-19)18-3-2-4-20(25)13-18/h2-4,7,10,13,15-17,21,26H,5-6,8-9,11-12,14H2,1H3,(H,28,30)/t16-,17-,21-/m1/s1. The summed E-state index contributed by atoms with van der Waals surface area (Å²) in [4.78, 5) is 31.8. The molecule has 31 heavy (non-hydrogen) atoms. The second-order valence-corrected chi connectivity index (χ2v) is 8.55. The fourth-order valence-corrected chi connectivity index (χ4v) is 4.50. The number of nitrogens with one attached hydrogen (secondary N) is 2. The van der Waals surface area contributed by atoms with Gasteiger partial charge in [-0.25, -0.2) is 4.39 Å². The van der Waals surface area contributed by atoms with Crippen LogP contribution < -0.4 is 10.6 Å². The van der Waals surface area contributed by atoms with Crippen molar-refractivity contribution in [3.8, 4) is 11.3 Å². The molecule has 2 amide bonds. The molecule has 2 aromatic rings. The van der Waals surface area contributed by atoms with Gasteiger partial charge in [-0.1, -0.05) is 12.1 Å². The molecule has 7 heteroatoms. The minimum atomic E-state index is -0.318. The molecule has 6 nitrogen and oxygen atoms in total. The molecule has 2 aliphatic rings. The summed E-state index contributed by atoms with van der Waals surface area (Å²) in [6.45, 7) is 4.56. The van der Waals surface area contributed by atoms with E-state index in [1.54, 1.807) is 24.3 Å². The normalized spacial score (nSPS) is 23.9. The first-order valence-electron chi connectivity index (χ1n) is 11.1. The molecule has 0 unspecified atom stereocenters. The number of carbonyl (C=O) groups is 2. The molecule has 1 aromatic carbocycles. The molecular formula is C24H29FN4O2. The topological polar surface area (TPSA) is 74.3 Å². The Bertz CT molecular complexity index is 925. The van der Waals surface area contributed by atoms with Crippen molar-refractivity contribution in [3.63, 3.8) is 0 Å². The summed E-state index contributed by atoms with van der Waals surface area (Å²) in [5.74, 6) is -0.165. The van der Waals surface area contributed by atoms with E-state index >= 15 is 0 Å². The molecule has 164 valence electrons. The van der Waals surface area contributed by atoms with Gasteiger partial charge < -0.3 is 15.5 Å². The highest BCUT2D eigenvalue weighted by atomic mass is 19.1. The van der Waals surface area contributed by atoms with Crippen molar-refractivity contribution in [2.45, 2.75) is 44.7 Å². The van der Waals surface area contributed by atoms with Crippen LogP contribution in [0.3, 0.4) is 0 Å². The second kappa shape index (κ2) is 9.56. The third-order valence-corrected chi connectivity index (χ3v) is 6.34. The van der Waals surface area contributed by atoms with Gasteiger partial charge in [-0.15, -0.1) is 0 Å². The van der Waals surface area contributed by atoms with Crippen LogP contribution in [0.25, 0.3) is 11.3 Å². The van der Waals surface area contributed by atoms with Crippen LogP contribution in [-0.2, 0) is 4.79 Å². The Morgan fingerprint density at radius 1 is 1.16 bits per heavy atom. The Morgan fingerprint density at radius 3 is 2.65 bits per heavy atom. The number of pyridine rings is 1. The predicted octanol–water partition coefficient (Wildman–Crippen LogP) is 3.00. The van der Waals surface area contributed by atoms with Crippen molar-refractivity contribution in [2.75, 3.05) is 19.6 Å². The number of benzene rings is 1. The molecular weight excluding hydrogens is 395 g/mol. The molecule has 2 fully saturated rings. The lowest BCUT2D eigenvalue weighted by atomic mass is 9.84. The molecule has 1 aliphatic carbocycles. The van der Waals surface area contributed by atoms with E-state index in [-0.39, 0.29) is 35.6 Å². The Balaban J connectivity index is 1.29. The first-order chi connectivity index (χ1) is 15.0. The fourth-order valence-electron chi connectivity index (χ4n) is 4.50. The molecule has 2 heterocycles. The third kappa shape index (κ3) is 5.10. The van der Waals surface area contributed by atoms with E-state index in [9.17, 15) is 14.0 Å². The number of halogens is 1. The number of hydrogen-bond acceptors (Lipinski definition) is 4. The smallest absolute Gasteiger partial charge is 0.253 e. The lowest BCUT2D eigenvalue weighted by molar-refractivity contribution is -0.139. The zero-order chi connectivity index (χ0) is 21.8. The molecule has 1 aromatic heterocycles. The van der Waals surface area contributed by atoms with E-state index in [4.69, 9.17) is 0 Å². The highest BCUT2D eigenvalue weighted by Crippen LogP contribution is 2.27. The molecule has 0 bridgehead atoms. The van der Waals surface area contributed by atoms with Crippen molar-refractivity contribution < 1.29 is 14.0 Å². The molecule has 2 N–H and O–H groups in total. The van der Waals surface area contributed by atoms with Crippen molar-refractivity contribution in [1.29, 1.82) is 0 Å². The maximum atomic E-state index is 13.4. The van der Waals surface area contributed by atoms with Crippen molar-refractivity contribution in [2.24, 2.45) is 5.92 Å². The van der Waals surface area contributed by atoms with Gasteiger partial charge in [-0.05, 0) is 56.9 Å². The van der Waals surface area contributed by atoms with Crippen molar-refractivity contribution in [1.82, 2.24) is 20.5 Å². The average Bonchev–Trinajstić information content (AvgIpc) is 2.79. The fraction of sp³-hybridized carbons (Fsp3) is 0.458. The van der Waals surface area contributed by atoms with Crippen molar-refractivity contribution in [3.05, 3.63) is 54.0 Å². The summed E-state index contributed by atoms with van der Waals surface area (Å²) in [6, 6.07) is 9.97. The summed E-state index contributed by atoms with van der Waals surface area (Å²) in [6.07, 6.45) is 4.74. The molecule has 0 radical (unpaired) electrons. The minimum Gasteiger partial charge on any atom is -0.349 e. The number of hydrogen-bond donors (Lipinski definition) is 2. The van der Waals surface area contributed by atoms with E-state index in [2.05, 4.69) is 22.5 Å². The predicted molar refractivity (Wildman–Crippen MR) is 117 cm³/mol. The quantitative estimate of drug-likeness (QED) is 0.791. The Labute approximate surface area is 182 Å². The lowest BCUT2D eigenvalue weighted by Gasteiger charge is -2.38. The van der Waals surface area contributed by atoms with Gasteiger partial charge in [0.1, 0.15) is 5.82 Å². The summed E-state index contributed by atoms with van der Waals surface area (Å²) in [5, 5.41) is 6.40. The van der Waals surface area contributed by atoms with Gasteiger partial charge in [-0.3, -0.25) is 14.6 Å². The molecule has 4 rings (SSSR count). The minimum absolute atomic E-state index is 0.0564. The average molecular weight is 425 g/mol. The van der Waals surface area contributed by atoms with Crippen LogP contribution in [0.1, 0.15) is 43.0 Å². The van der Waals surface area contributed by atoms with Crippen LogP contribution >= 0.6 is 0 Å². The van der Waals surface area contributed by atoms with Gasteiger partial charge in [0.25, 0.3) is 5.91 Å². The third-order valence-electron chi connectivity index (χ3n) is 6.34. The first kappa shape index (κ1) is 21.4. The number of nitrogens with zero attached hydrogens (tertiary/aromatic N) is 2. The summed E-state index contributed by atoms with van der Waals surface area (Å²) in [7, 11) is 0. The van der Waals surface area contributed by atoms with Gasteiger partial charge in [0.15, 0.2) is 0 Å². The molecule has 0 spiro atoms. The maximum absolute atomic E-state index is 13.4. The zero-order valence-corrected chi connectivity index (χ0v) is 17.8.